The highest BCUT2D eigenvalue weighted by Crippen LogP contribution is 2.32. The fourth-order valence-corrected chi connectivity index (χ4v) is 3.90. The molecular weight excluding hydrogens is 370 g/mol. The summed E-state index contributed by atoms with van der Waals surface area (Å²) in [6.45, 7) is 0. The van der Waals surface area contributed by atoms with Gasteiger partial charge in [-0.25, -0.2) is 4.98 Å². The van der Waals surface area contributed by atoms with Crippen molar-refractivity contribution in [2.75, 3.05) is 7.11 Å². The summed E-state index contributed by atoms with van der Waals surface area (Å²) < 4.78 is 6.11. The van der Waals surface area contributed by atoms with Gasteiger partial charge in [0.25, 0.3) is 0 Å². The Morgan fingerprint density at radius 3 is 2.50 bits per heavy atom. The van der Waals surface area contributed by atoms with Gasteiger partial charge >= 0.3 is 0 Å². The predicted octanol–water partition coefficient (Wildman–Crippen LogP) is 5.43. The zero-order valence-corrected chi connectivity index (χ0v) is 15.9. The van der Waals surface area contributed by atoms with Gasteiger partial charge in [-0.15, -0.1) is 11.3 Å². The van der Waals surface area contributed by atoms with Crippen molar-refractivity contribution >= 4 is 39.0 Å². The van der Waals surface area contributed by atoms with Crippen LogP contribution < -0.4 is 4.74 Å². The number of carbonyl (C=O) groups excluding carboxylic acids is 1. The molecule has 0 aliphatic heterocycles. The molecule has 3 aromatic carbocycles. The maximum atomic E-state index is 13.2. The average Bonchev–Trinajstić information content (AvgIpc) is 3.16. The van der Waals surface area contributed by atoms with E-state index in [-0.39, 0.29) is 11.5 Å². The third kappa shape index (κ3) is 3.52. The Morgan fingerprint density at radius 1 is 1.04 bits per heavy atom. The van der Waals surface area contributed by atoms with Gasteiger partial charge in [0.15, 0.2) is 17.3 Å². The van der Waals surface area contributed by atoms with E-state index in [0.717, 1.165) is 10.2 Å². The van der Waals surface area contributed by atoms with Crippen molar-refractivity contribution in [1.29, 1.82) is 0 Å². The van der Waals surface area contributed by atoms with Gasteiger partial charge < -0.3 is 9.84 Å². The van der Waals surface area contributed by atoms with Crippen molar-refractivity contribution in [3.63, 3.8) is 0 Å². The lowest BCUT2D eigenvalue weighted by Crippen LogP contribution is -2.02. The highest BCUT2D eigenvalue weighted by Gasteiger charge is 2.18. The number of benzene rings is 3. The second-order valence-corrected chi connectivity index (χ2v) is 7.20. The summed E-state index contributed by atoms with van der Waals surface area (Å²) in [7, 11) is 1.50. The van der Waals surface area contributed by atoms with E-state index < -0.39 is 0 Å². The number of hydrogen-bond donors (Lipinski definition) is 1. The summed E-state index contributed by atoms with van der Waals surface area (Å²) in [5, 5.41) is 10.7. The largest absolute Gasteiger partial charge is 0.504 e. The second-order valence-electron chi connectivity index (χ2n) is 6.17. The molecule has 0 saturated carbocycles. The van der Waals surface area contributed by atoms with E-state index in [2.05, 4.69) is 4.98 Å². The standard InChI is InChI=1S/C23H17NO3S/c1-27-20-12-11-15(14-19(20)25)13-17(22(26)16-7-3-2-4-8-16)23-24-18-9-5-6-10-21(18)28-23/h2-14,25H,1H3. The summed E-state index contributed by atoms with van der Waals surface area (Å²) in [4.78, 5) is 17.9. The molecule has 0 saturated heterocycles. The Bertz CT molecular complexity index is 1150. The van der Waals surface area contributed by atoms with Crippen molar-refractivity contribution in [3.8, 4) is 11.5 Å². The number of thiazole rings is 1. The van der Waals surface area contributed by atoms with Crippen LogP contribution >= 0.6 is 11.3 Å². The van der Waals surface area contributed by atoms with Crippen LogP contribution in [0.3, 0.4) is 0 Å². The van der Waals surface area contributed by atoms with Gasteiger partial charge in [-0.05, 0) is 35.9 Å². The fraction of sp³-hybridized carbons (Fsp3) is 0.0435. The van der Waals surface area contributed by atoms with Crippen molar-refractivity contribution in [3.05, 3.63) is 88.9 Å². The molecule has 0 atom stereocenters. The molecule has 1 aromatic heterocycles. The molecule has 4 nitrogen and oxygen atoms in total. The van der Waals surface area contributed by atoms with Crippen LogP contribution in [0, 0.1) is 0 Å². The first kappa shape index (κ1) is 17.9. The lowest BCUT2D eigenvalue weighted by Gasteiger charge is -2.07. The van der Waals surface area contributed by atoms with Gasteiger partial charge in [0.1, 0.15) is 5.01 Å². The average molecular weight is 387 g/mol. The number of hydrogen-bond acceptors (Lipinski definition) is 5. The molecule has 0 aliphatic rings. The minimum absolute atomic E-state index is 0.0204. The van der Waals surface area contributed by atoms with E-state index in [0.29, 0.717) is 27.5 Å². The Labute approximate surface area is 166 Å². The molecule has 0 aliphatic carbocycles. The molecule has 4 rings (SSSR count). The molecule has 0 bridgehead atoms. The van der Waals surface area contributed by atoms with E-state index in [1.165, 1.54) is 18.4 Å². The normalized spacial score (nSPS) is 11.5. The van der Waals surface area contributed by atoms with Crippen LogP contribution in [0.15, 0.2) is 72.8 Å². The van der Waals surface area contributed by atoms with Crippen molar-refractivity contribution < 1.29 is 14.6 Å². The first-order chi connectivity index (χ1) is 13.7. The SMILES string of the molecule is COc1ccc(C=C(C(=O)c2ccccc2)c2nc3ccccc3s2)cc1O. The van der Waals surface area contributed by atoms with Gasteiger partial charge in [-0.2, -0.15) is 0 Å². The molecule has 4 aromatic rings. The summed E-state index contributed by atoms with van der Waals surface area (Å²) >= 11 is 1.47. The summed E-state index contributed by atoms with van der Waals surface area (Å²) in [6.07, 6.45) is 1.76. The summed E-state index contributed by atoms with van der Waals surface area (Å²) in [6, 6.07) is 22.0. The van der Waals surface area contributed by atoms with Gasteiger partial charge in [0.05, 0.1) is 22.9 Å². The van der Waals surface area contributed by atoms with Crippen LogP contribution in [0.5, 0.6) is 11.5 Å². The molecule has 138 valence electrons. The molecule has 1 N–H and O–H groups in total. The van der Waals surface area contributed by atoms with Crippen LogP contribution in [0.1, 0.15) is 20.9 Å². The number of phenols is 1. The number of para-hydroxylation sites is 1. The van der Waals surface area contributed by atoms with Crippen LogP contribution in [0.2, 0.25) is 0 Å². The van der Waals surface area contributed by atoms with E-state index in [9.17, 15) is 9.90 Å². The molecule has 0 spiro atoms. The fourth-order valence-electron chi connectivity index (χ4n) is 2.92. The molecule has 0 fully saturated rings. The Hall–Kier alpha value is -3.44. The molecular formula is C23H17NO3S. The first-order valence-corrected chi connectivity index (χ1v) is 9.52. The van der Waals surface area contributed by atoms with Gasteiger partial charge in [-0.1, -0.05) is 48.5 Å². The number of phenolic OH excluding ortho intramolecular Hbond substituents is 1. The number of carbonyl (C=O) groups is 1. The van der Waals surface area contributed by atoms with Crippen LogP contribution in [-0.2, 0) is 0 Å². The van der Waals surface area contributed by atoms with Gasteiger partial charge in [0.2, 0.25) is 0 Å². The number of aromatic hydroxyl groups is 1. The first-order valence-electron chi connectivity index (χ1n) is 8.70. The third-order valence-electron chi connectivity index (χ3n) is 4.32. The van der Waals surface area contributed by atoms with Crippen molar-refractivity contribution in [2.24, 2.45) is 0 Å². The molecule has 0 radical (unpaired) electrons. The zero-order valence-electron chi connectivity index (χ0n) is 15.1. The number of aromatic nitrogens is 1. The Morgan fingerprint density at radius 2 is 1.79 bits per heavy atom. The molecule has 0 amide bonds. The number of rotatable bonds is 5. The zero-order chi connectivity index (χ0) is 19.5. The van der Waals surface area contributed by atoms with Gasteiger partial charge in [0, 0.05) is 5.56 Å². The third-order valence-corrected chi connectivity index (χ3v) is 5.39. The number of ether oxygens (including phenoxy) is 1. The maximum Gasteiger partial charge on any atom is 0.196 e. The topological polar surface area (TPSA) is 59.4 Å². The summed E-state index contributed by atoms with van der Waals surface area (Å²) in [5.41, 5.74) is 2.62. The molecule has 28 heavy (non-hydrogen) atoms. The van der Waals surface area contributed by atoms with Crippen molar-refractivity contribution in [2.45, 2.75) is 0 Å². The maximum absolute atomic E-state index is 13.2. The number of allylic oxidation sites excluding steroid dienone is 1. The lowest BCUT2D eigenvalue weighted by molar-refractivity contribution is 0.105. The lowest BCUT2D eigenvalue weighted by atomic mass is 10.0. The number of ketones is 1. The summed E-state index contributed by atoms with van der Waals surface area (Å²) in [5.74, 6) is 0.287. The van der Waals surface area contributed by atoms with E-state index in [1.54, 1.807) is 36.4 Å². The Balaban J connectivity index is 1.85. The Kier molecular flexibility index (Phi) is 4.91. The predicted molar refractivity (Wildman–Crippen MR) is 113 cm³/mol. The molecule has 5 heteroatoms. The number of fused-ring (bicyclic) bond motifs is 1. The van der Waals surface area contributed by atoms with Crippen LogP contribution in [0.25, 0.3) is 21.9 Å². The van der Waals surface area contributed by atoms with E-state index >= 15 is 0 Å². The highest BCUT2D eigenvalue weighted by atomic mass is 32.1. The van der Waals surface area contributed by atoms with Gasteiger partial charge in [-0.3, -0.25) is 4.79 Å². The second kappa shape index (κ2) is 7.66. The quantitative estimate of drug-likeness (QED) is 0.366. The minimum Gasteiger partial charge on any atom is -0.504 e. The van der Waals surface area contributed by atoms with Crippen molar-refractivity contribution in [1.82, 2.24) is 4.98 Å². The smallest absolute Gasteiger partial charge is 0.196 e. The molecule has 0 unspecified atom stereocenters. The minimum atomic E-state index is -0.116. The van der Waals surface area contributed by atoms with Crippen LogP contribution in [0.4, 0.5) is 0 Å². The van der Waals surface area contributed by atoms with Crippen LogP contribution in [-0.4, -0.2) is 23.0 Å². The molecule has 1 heterocycles. The number of Topliss-reactive ketones (excluding diaryl/α,β-unsaturated/α-hetero) is 1. The number of methoxy groups -OCH3 is 1. The van der Waals surface area contributed by atoms with E-state index in [4.69, 9.17) is 4.74 Å². The monoisotopic (exact) mass is 387 g/mol. The highest BCUT2D eigenvalue weighted by molar-refractivity contribution is 7.20. The number of nitrogens with zero attached hydrogens (tertiary/aromatic N) is 1. The van der Waals surface area contributed by atoms with E-state index in [1.807, 2.05) is 42.5 Å².